The van der Waals surface area contributed by atoms with Crippen LogP contribution in [0.1, 0.15) is 13.3 Å². The van der Waals surface area contributed by atoms with Gasteiger partial charge >= 0.3 is 11.9 Å². The quantitative estimate of drug-likeness (QED) is 0.503. The van der Waals surface area contributed by atoms with Crippen molar-refractivity contribution in [3.63, 3.8) is 0 Å². The van der Waals surface area contributed by atoms with Gasteiger partial charge in [0.15, 0.2) is 0 Å². The monoisotopic (exact) mass is 202 g/mol. The van der Waals surface area contributed by atoms with Crippen molar-refractivity contribution in [3.05, 3.63) is 12.2 Å². The molecule has 0 aromatic carbocycles. The zero-order chi connectivity index (χ0) is 11.1. The van der Waals surface area contributed by atoms with E-state index in [0.29, 0.717) is 0 Å². The normalized spacial score (nSPS) is 11.6. The van der Waals surface area contributed by atoms with Crippen LogP contribution in [0, 0.1) is 0 Å². The van der Waals surface area contributed by atoms with E-state index in [0.717, 1.165) is 0 Å². The molecule has 0 radical (unpaired) electrons. The van der Waals surface area contributed by atoms with Crippen molar-refractivity contribution < 1.29 is 24.2 Å². The van der Waals surface area contributed by atoms with Crippen molar-refractivity contribution in [1.29, 1.82) is 0 Å². The third-order valence-electron chi connectivity index (χ3n) is 1.39. The summed E-state index contributed by atoms with van der Waals surface area (Å²) < 4.78 is 8.93. The lowest BCUT2D eigenvalue weighted by Crippen LogP contribution is -2.22. The molecule has 0 saturated heterocycles. The Morgan fingerprint density at radius 2 is 2.07 bits per heavy atom. The summed E-state index contributed by atoms with van der Waals surface area (Å²) in [5, 5.41) is 9.17. The van der Waals surface area contributed by atoms with Crippen LogP contribution in [0.15, 0.2) is 12.2 Å². The van der Waals surface area contributed by atoms with Gasteiger partial charge in [-0.25, -0.2) is 4.79 Å². The van der Waals surface area contributed by atoms with E-state index in [-0.39, 0.29) is 18.6 Å². The van der Waals surface area contributed by atoms with Gasteiger partial charge in [0.05, 0.1) is 19.6 Å². The van der Waals surface area contributed by atoms with Gasteiger partial charge in [-0.3, -0.25) is 4.79 Å². The number of aliphatic hydroxyl groups excluding tert-OH is 1. The summed E-state index contributed by atoms with van der Waals surface area (Å²) in [5.74, 6) is -1.14. The second kappa shape index (κ2) is 6.15. The molecular weight excluding hydrogens is 188 g/mol. The zero-order valence-corrected chi connectivity index (χ0v) is 8.28. The number of ether oxygens (including phenoxy) is 2. The molecule has 5 heteroatoms. The summed E-state index contributed by atoms with van der Waals surface area (Å²) >= 11 is 0. The lowest BCUT2D eigenvalue weighted by atomic mass is 10.3. The molecule has 1 atom stereocenters. The standard InChI is InChI=1S/C9H14O5/c1-6(2)9(12)14-5-7(10)4-8(11)13-3/h7,10H,1,4-5H2,2-3H3. The van der Waals surface area contributed by atoms with Crippen LogP contribution in [0.25, 0.3) is 0 Å². The predicted molar refractivity (Wildman–Crippen MR) is 48.4 cm³/mol. The summed E-state index contributed by atoms with van der Waals surface area (Å²) in [6.07, 6.45) is -1.23. The van der Waals surface area contributed by atoms with Crippen molar-refractivity contribution in [3.8, 4) is 0 Å². The van der Waals surface area contributed by atoms with Crippen molar-refractivity contribution in [2.75, 3.05) is 13.7 Å². The van der Waals surface area contributed by atoms with Crippen LogP contribution < -0.4 is 0 Å². The van der Waals surface area contributed by atoms with E-state index in [1.54, 1.807) is 0 Å². The van der Waals surface area contributed by atoms with Crippen molar-refractivity contribution in [2.45, 2.75) is 19.4 Å². The van der Waals surface area contributed by atoms with Gasteiger partial charge in [-0.05, 0) is 6.92 Å². The molecule has 0 heterocycles. The highest BCUT2D eigenvalue weighted by Crippen LogP contribution is 1.98. The molecule has 0 rings (SSSR count). The van der Waals surface area contributed by atoms with E-state index < -0.39 is 18.0 Å². The van der Waals surface area contributed by atoms with Gasteiger partial charge in [0.1, 0.15) is 6.61 Å². The minimum absolute atomic E-state index is 0.194. The Labute approximate surface area is 82.3 Å². The fourth-order valence-corrected chi connectivity index (χ4v) is 0.630. The molecule has 1 N–H and O–H groups in total. The smallest absolute Gasteiger partial charge is 0.333 e. The highest BCUT2D eigenvalue weighted by atomic mass is 16.5. The van der Waals surface area contributed by atoms with E-state index in [1.807, 2.05) is 0 Å². The second-order valence-corrected chi connectivity index (χ2v) is 2.81. The van der Waals surface area contributed by atoms with Crippen LogP contribution >= 0.6 is 0 Å². The molecule has 0 aliphatic heterocycles. The number of carbonyl (C=O) groups is 2. The van der Waals surface area contributed by atoms with Crippen LogP contribution in [0.5, 0.6) is 0 Å². The van der Waals surface area contributed by atoms with Crippen molar-refractivity contribution in [1.82, 2.24) is 0 Å². The van der Waals surface area contributed by atoms with Gasteiger partial charge in [0.2, 0.25) is 0 Å². The minimum atomic E-state index is -1.04. The SMILES string of the molecule is C=C(C)C(=O)OCC(O)CC(=O)OC. The number of rotatable bonds is 5. The maximum atomic E-state index is 10.9. The van der Waals surface area contributed by atoms with Crippen molar-refractivity contribution >= 4 is 11.9 Å². The molecule has 0 fully saturated rings. The summed E-state index contributed by atoms with van der Waals surface area (Å²) in [5.41, 5.74) is 0.246. The number of esters is 2. The van der Waals surface area contributed by atoms with E-state index in [2.05, 4.69) is 16.1 Å². The molecule has 0 bridgehead atoms. The summed E-state index contributed by atoms with van der Waals surface area (Å²) in [7, 11) is 1.22. The molecule has 0 spiro atoms. The Morgan fingerprint density at radius 3 is 2.50 bits per heavy atom. The fraction of sp³-hybridized carbons (Fsp3) is 0.556. The Hall–Kier alpha value is -1.36. The van der Waals surface area contributed by atoms with Crippen LogP contribution in [-0.4, -0.2) is 36.9 Å². The van der Waals surface area contributed by atoms with Gasteiger partial charge in [-0.15, -0.1) is 0 Å². The average Bonchev–Trinajstić information content (AvgIpc) is 2.13. The molecule has 0 saturated carbocycles. The third kappa shape index (κ3) is 5.31. The number of carbonyl (C=O) groups excluding carboxylic acids is 2. The van der Waals surface area contributed by atoms with Gasteiger partial charge in [0, 0.05) is 5.57 Å². The van der Waals surface area contributed by atoms with Gasteiger partial charge in [-0.2, -0.15) is 0 Å². The first-order valence-corrected chi connectivity index (χ1v) is 4.05. The van der Waals surface area contributed by atoms with Crippen LogP contribution in [-0.2, 0) is 19.1 Å². The molecule has 0 aliphatic carbocycles. The van der Waals surface area contributed by atoms with E-state index in [9.17, 15) is 14.7 Å². The molecule has 0 amide bonds. The van der Waals surface area contributed by atoms with Gasteiger partial charge < -0.3 is 14.6 Å². The van der Waals surface area contributed by atoms with Crippen LogP contribution in [0.4, 0.5) is 0 Å². The Morgan fingerprint density at radius 1 is 1.50 bits per heavy atom. The van der Waals surface area contributed by atoms with Crippen molar-refractivity contribution in [2.24, 2.45) is 0 Å². The molecule has 0 aliphatic rings. The number of methoxy groups -OCH3 is 1. The topological polar surface area (TPSA) is 72.8 Å². The third-order valence-corrected chi connectivity index (χ3v) is 1.39. The van der Waals surface area contributed by atoms with E-state index in [1.165, 1.54) is 14.0 Å². The first kappa shape index (κ1) is 12.6. The number of aliphatic hydroxyl groups is 1. The van der Waals surface area contributed by atoms with E-state index in [4.69, 9.17) is 0 Å². The molecule has 0 aromatic rings. The zero-order valence-electron chi connectivity index (χ0n) is 8.28. The van der Waals surface area contributed by atoms with Gasteiger partial charge in [-0.1, -0.05) is 6.58 Å². The number of hydrogen-bond donors (Lipinski definition) is 1. The van der Waals surface area contributed by atoms with Gasteiger partial charge in [0.25, 0.3) is 0 Å². The second-order valence-electron chi connectivity index (χ2n) is 2.81. The maximum absolute atomic E-state index is 10.9. The van der Waals surface area contributed by atoms with E-state index >= 15 is 0 Å². The molecule has 5 nitrogen and oxygen atoms in total. The number of hydrogen-bond acceptors (Lipinski definition) is 5. The fourth-order valence-electron chi connectivity index (χ4n) is 0.630. The summed E-state index contributed by atoms with van der Waals surface area (Å²) in [6, 6.07) is 0. The molecule has 80 valence electrons. The lowest BCUT2D eigenvalue weighted by molar-refractivity contribution is -0.148. The predicted octanol–water partition coefficient (Wildman–Crippen LogP) is 0.0297. The minimum Gasteiger partial charge on any atom is -0.469 e. The average molecular weight is 202 g/mol. The Balaban J connectivity index is 3.74. The summed E-state index contributed by atoms with van der Waals surface area (Å²) in [6.45, 7) is 4.62. The Bertz CT molecular complexity index is 233. The first-order valence-electron chi connectivity index (χ1n) is 4.05. The largest absolute Gasteiger partial charge is 0.469 e. The lowest BCUT2D eigenvalue weighted by Gasteiger charge is -2.09. The molecular formula is C9H14O5. The highest BCUT2D eigenvalue weighted by Gasteiger charge is 2.13. The first-order chi connectivity index (χ1) is 6.47. The Kier molecular flexibility index (Phi) is 5.55. The highest BCUT2D eigenvalue weighted by molar-refractivity contribution is 5.86. The molecule has 1 unspecified atom stereocenters. The maximum Gasteiger partial charge on any atom is 0.333 e. The molecule has 0 aromatic heterocycles. The van der Waals surface area contributed by atoms with Crippen LogP contribution in [0.2, 0.25) is 0 Å². The van der Waals surface area contributed by atoms with Crippen LogP contribution in [0.3, 0.4) is 0 Å². The summed E-state index contributed by atoms with van der Waals surface area (Å²) in [4.78, 5) is 21.5. The molecule has 14 heavy (non-hydrogen) atoms.